The van der Waals surface area contributed by atoms with E-state index in [0.29, 0.717) is 17.3 Å². The molecule has 0 atom stereocenters. The van der Waals surface area contributed by atoms with Gasteiger partial charge in [0.15, 0.2) is 5.16 Å². The minimum Gasteiger partial charge on any atom is -0.313 e. The van der Waals surface area contributed by atoms with E-state index in [2.05, 4.69) is 15.5 Å². The Kier molecular flexibility index (Phi) is 4.72. The van der Waals surface area contributed by atoms with Crippen molar-refractivity contribution < 1.29 is 8.78 Å². The molecule has 0 fully saturated rings. The lowest BCUT2D eigenvalue weighted by molar-refractivity contribution is 0.560. The third-order valence-corrected chi connectivity index (χ3v) is 4.03. The number of hydrogen-bond acceptors (Lipinski definition) is 4. The summed E-state index contributed by atoms with van der Waals surface area (Å²) >= 11 is 1.27. The second-order valence-electron chi connectivity index (χ2n) is 4.43. The van der Waals surface area contributed by atoms with Gasteiger partial charge in [0.2, 0.25) is 0 Å². The van der Waals surface area contributed by atoms with Crippen molar-refractivity contribution in [2.75, 3.05) is 7.05 Å². The lowest BCUT2D eigenvalue weighted by Crippen LogP contribution is -2.10. The van der Waals surface area contributed by atoms with Crippen molar-refractivity contribution in [3.05, 3.63) is 40.7 Å². The molecule has 1 aromatic carbocycles. The van der Waals surface area contributed by atoms with Crippen LogP contribution in [0.5, 0.6) is 0 Å². The Hall–Kier alpha value is -1.47. The van der Waals surface area contributed by atoms with Crippen LogP contribution in [0, 0.1) is 18.6 Å². The summed E-state index contributed by atoms with van der Waals surface area (Å²) in [6, 6.07) is 2.73. The van der Waals surface area contributed by atoms with E-state index in [9.17, 15) is 8.78 Å². The van der Waals surface area contributed by atoms with Crippen molar-refractivity contribution in [3.8, 4) is 0 Å². The number of halogens is 2. The molecule has 2 rings (SSSR count). The van der Waals surface area contributed by atoms with Crippen LogP contribution in [0.15, 0.2) is 17.3 Å². The predicted molar refractivity (Wildman–Crippen MR) is 74.4 cm³/mol. The second-order valence-corrected chi connectivity index (χ2v) is 5.38. The molecule has 2 aromatic rings. The first kappa shape index (κ1) is 14.9. The van der Waals surface area contributed by atoms with Gasteiger partial charge in [0.05, 0.1) is 6.54 Å². The number of aromatic nitrogens is 3. The molecule has 0 bridgehead atoms. The molecule has 0 radical (unpaired) electrons. The summed E-state index contributed by atoms with van der Waals surface area (Å²) in [6.07, 6.45) is 0. The van der Waals surface area contributed by atoms with Gasteiger partial charge in [-0.1, -0.05) is 17.8 Å². The van der Waals surface area contributed by atoms with Crippen LogP contribution in [0.4, 0.5) is 8.78 Å². The van der Waals surface area contributed by atoms with Crippen molar-refractivity contribution in [3.63, 3.8) is 0 Å². The Morgan fingerprint density at radius 3 is 2.75 bits per heavy atom. The highest BCUT2D eigenvalue weighted by Crippen LogP contribution is 2.25. The Bertz CT molecular complexity index is 613. The van der Waals surface area contributed by atoms with Gasteiger partial charge in [0.1, 0.15) is 17.5 Å². The number of hydrogen-bond donors (Lipinski definition) is 1. The van der Waals surface area contributed by atoms with Crippen molar-refractivity contribution in [2.45, 2.75) is 24.4 Å². The van der Waals surface area contributed by atoms with E-state index in [1.165, 1.54) is 23.9 Å². The summed E-state index contributed by atoms with van der Waals surface area (Å²) in [5.74, 6) is -0.0567. The number of benzene rings is 1. The number of thioether (sulfide) groups is 1. The fourth-order valence-corrected chi connectivity index (χ4v) is 2.70. The van der Waals surface area contributed by atoms with Gasteiger partial charge in [0, 0.05) is 18.4 Å². The molecule has 7 heteroatoms. The second kappa shape index (κ2) is 6.32. The lowest BCUT2D eigenvalue weighted by atomic mass is 10.1. The van der Waals surface area contributed by atoms with Crippen molar-refractivity contribution in [1.29, 1.82) is 0 Å². The molecule has 1 heterocycles. The zero-order valence-corrected chi connectivity index (χ0v) is 12.4. The summed E-state index contributed by atoms with van der Waals surface area (Å²) in [4.78, 5) is 0. The molecule has 4 nitrogen and oxygen atoms in total. The van der Waals surface area contributed by atoms with Crippen LogP contribution < -0.4 is 5.32 Å². The fraction of sp³-hybridized carbons (Fsp3) is 0.385. The van der Waals surface area contributed by atoms with Crippen LogP contribution in [0.25, 0.3) is 0 Å². The Balaban J connectivity index is 2.15. The van der Waals surface area contributed by atoms with Crippen LogP contribution in [0.2, 0.25) is 0 Å². The van der Waals surface area contributed by atoms with Gasteiger partial charge in [-0.15, -0.1) is 10.2 Å². The summed E-state index contributed by atoms with van der Waals surface area (Å²) < 4.78 is 29.4. The van der Waals surface area contributed by atoms with Crippen molar-refractivity contribution in [2.24, 2.45) is 7.05 Å². The largest absolute Gasteiger partial charge is 0.313 e. The molecule has 0 aliphatic heterocycles. The third-order valence-electron chi connectivity index (χ3n) is 2.98. The monoisotopic (exact) mass is 298 g/mol. The van der Waals surface area contributed by atoms with E-state index in [4.69, 9.17) is 0 Å². The van der Waals surface area contributed by atoms with E-state index < -0.39 is 11.6 Å². The van der Waals surface area contributed by atoms with Crippen LogP contribution in [-0.4, -0.2) is 21.8 Å². The molecule has 0 aliphatic rings. The Morgan fingerprint density at radius 2 is 2.05 bits per heavy atom. The molecule has 0 amide bonds. The molecule has 0 saturated heterocycles. The van der Waals surface area contributed by atoms with E-state index in [-0.39, 0.29) is 11.3 Å². The summed E-state index contributed by atoms with van der Waals surface area (Å²) in [6.45, 7) is 2.22. The van der Waals surface area contributed by atoms with Gasteiger partial charge in [-0.25, -0.2) is 8.78 Å². The maximum Gasteiger partial charge on any atom is 0.191 e. The van der Waals surface area contributed by atoms with Gasteiger partial charge in [0.25, 0.3) is 0 Å². The molecular formula is C13H16F2N4S. The SMILES string of the molecule is CNCc1nnc(SCc2c(F)ccc(C)c2F)n1C. The summed E-state index contributed by atoms with van der Waals surface area (Å²) in [5, 5.41) is 11.7. The van der Waals surface area contributed by atoms with Crippen molar-refractivity contribution >= 4 is 11.8 Å². The molecule has 20 heavy (non-hydrogen) atoms. The Labute approximate surface area is 120 Å². The Morgan fingerprint density at radius 1 is 1.30 bits per heavy atom. The van der Waals surface area contributed by atoms with Gasteiger partial charge in [-0.05, 0) is 25.6 Å². The number of nitrogens with one attached hydrogen (secondary N) is 1. The van der Waals surface area contributed by atoms with Gasteiger partial charge < -0.3 is 9.88 Å². The maximum atomic E-state index is 13.9. The normalized spacial score (nSPS) is 11.1. The smallest absolute Gasteiger partial charge is 0.191 e. The van der Waals surface area contributed by atoms with Gasteiger partial charge >= 0.3 is 0 Å². The quantitative estimate of drug-likeness (QED) is 0.861. The van der Waals surface area contributed by atoms with Crippen LogP contribution >= 0.6 is 11.8 Å². The topological polar surface area (TPSA) is 42.7 Å². The number of nitrogens with zero attached hydrogens (tertiary/aromatic N) is 3. The van der Waals surface area contributed by atoms with Crippen LogP contribution in [-0.2, 0) is 19.3 Å². The first-order valence-corrected chi connectivity index (χ1v) is 7.12. The summed E-state index contributed by atoms with van der Waals surface area (Å²) in [7, 11) is 3.65. The van der Waals surface area contributed by atoms with E-state index >= 15 is 0 Å². The zero-order chi connectivity index (χ0) is 14.7. The first-order chi connectivity index (χ1) is 9.54. The van der Waals surface area contributed by atoms with E-state index in [1.807, 2.05) is 18.7 Å². The number of rotatable bonds is 5. The molecule has 1 N–H and O–H groups in total. The first-order valence-electron chi connectivity index (χ1n) is 6.13. The lowest BCUT2D eigenvalue weighted by Gasteiger charge is -2.07. The zero-order valence-electron chi connectivity index (χ0n) is 11.6. The average molecular weight is 298 g/mol. The predicted octanol–water partition coefficient (Wildman–Crippen LogP) is 2.41. The fourth-order valence-electron chi connectivity index (χ4n) is 1.77. The number of aryl methyl sites for hydroxylation is 1. The van der Waals surface area contributed by atoms with Crippen molar-refractivity contribution in [1.82, 2.24) is 20.1 Å². The van der Waals surface area contributed by atoms with Gasteiger partial charge in [-0.2, -0.15) is 0 Å². The minimum absolute atomic E-state index is 0.0770. The highest BCUT2D eigenvalue weighted by molar-refractivity contribution is 7.98. The van der Waals surface area contributed by atoms with Crippen LogP contribution in [0.3, 0.4) is 0 Å². The molecule has 1 aromatic heterocycles. The molecular weight excluding hydrogens is 282 g/mol. The minimum atomic E-state index is -0.529. The third kappa shape index (κ3) is 2.99. The molecule has 0 aliphatic carbocycles. The van der Waals surface area contributed by atoms with Gasteiger partial charge in [-0.3, -0.25) is 0 Å². The van der Waals surface area contributed by atoms with E-state index in [0.717, 1.165) is 5.82 Å². The summed E-state index contributed by atoms with van der Waals surface area (Å²) in [5.41, 5.74) is 0.518. The molecule has 0 unspecified atom stereocenters. The van der Waals surface area contributed by atoms with Crippen LogP contribution in [0.1, 0.15) is 17.0 Å². The molecule has 108 valence electrons. The van der Waals surface area contributed by atoms with E-state index in [1.54, 1.807) is 6.92 Å². The maximum absolute atomic E-state index is 13.9. The highest BCUT2D eigenvalue weighted by Gasteiger charge is 2.14. The average Bonchev–Trinajstić information content (AvgIpc) is 2.76. The standard InChI is InChI=1S/C13H16F2N4S/c1-8-4-5-10(14)9(12(8)15)7-20-13-18-17-11(6-16-2)19(13)3/h4-5,16H,6-7H2,1-3H3. The molecule has 0 spiro atoms. The highest BCUT2D eigenvalue weighted by atomic mass is 32.2. The molecule has 0 saturated carbocycles.